The lowest BCUT2D eigenvalue weighted by Gasteiger charge is -2.20. The number of carbonyl (C=O) groups is 6. The zero-order valence-corrected chi connectivity index (χ0v) is 31.3. The van der Waals surface area contributed by atoms with Crippen LogP contribution in [-0.4, -0.2) is 69.4 Å². The Kier molecular flexibility index (Phi) is 25.4. The molecule has 14 heteroatoms. The summed E-state index contributed by atoms with van der Waals surface area (Å²) in [7, 11) is 0. The Bertz CT molecular complexity index is 1090. The number of carboxylic acids is 2. The Labute approximate surface area is 309 Å². The van der Waals surface area contributed by atoms with Gasteiger partial charge >= 0.3 is 24.1 Å². The minimum absolute atomic E-state index is 0. The number of allylic oxidation sites excluding steroid dienone is 2. The minimum atomic E-state index is -0.962. The van der Waals surface area contributed by atoms with E-state index in [1.54, 1.807) is 0 Å². The average molecular weight is 745 g/mol. The second kappa shape index (κ2) is 27.2. The van der Waals surface area contributed by atoms with Crippen molar-refractivity contribution in [2.45, 2.75) is 154 Å². The van der Waals surface area contributed by atoms with Crippen LogP contribution < -0.4 is 5.73 Å². The summed E-state index contributed by atoms with van der Waals surface area (Å²) in [6, 6.07) is -0.719. The number of esters is 1. The maximum absolute atomic E-state index is 11.9. The van der Waals surface area contributed by atoms with Gasteiger partial charge in [-0.05, 0) is 102 Å². The fourth-order valence-electron chi connectivity index (χ4n) is 5.98. The first kappa shape index (κ1) is 47.5. The monoisotopic (exact) mass is 744 g/mol. The highest BCUT2D eigenvalue weighted by Crippen LogP contribution is 2.26. The summed E-state index contributed by atoms with van der Waals surface area (Å²) in [5.41, 5.74) is 5.46. The number of unbranched alkanes of at least 4 members (excludes halogenated alkanes) is 4. The number of nitrogens with zero attached hydrogens (tertiary/aromatic N) is 1. The molecule has 1 heterocycles. The van der Waals surface area contributed by atoms with E-state index < -0.39 is 41.9 Å². The molecular formula is C37H61ClN2O11. The molecule has 51 heavy (non-hydrogen) atoms. The molecule has 3 fully saturated rings. The zero-order chi connectivity index (χ0) is 37.5. The third-order valence-corrected chi connectivity index (χ3v) is 9.26. The molecule has 13 nitrogen and oxygen atoms in total. The van der Waals surface area contributed by atoms with Crippen molar-refractivity contribution in [2.75, 3.05) is 0 Å². The van der Waals surface area contributed by atoms with E-state index in [4.69, 9.17) is 20.3 Å². The van der Waals surface area contributed by atoms with E-state index >= 15 is 0 Å². The van der Waals surface area contributed by atoms with Gasteiger partial charge in [-0.3, -0.25) is 28.8 Å². The minimum Gasteiger partial charge on any atom is -0.481 e. The number of imide groups is 1. The quantitative estimate of drug-likeness (QED) is 0.0517. The molecule has 0 radical (unpaired) electrons. The lowest BCUT2D eigenvalue weighted by molar-refractivity contribution is -0.178. The molecule has 0 aromatic carbocycles. The molecule has 0 aromatic heterocycles. The summed E-state index contributed by atoms with van der Waals surface area (Å²) >= 11 is 0. The maximum Gasteiger partial charge on any atom is 0.534 e. The molecule has 2 saturated carbocycles. The Balaban J connectivity index is 0.000000751. The zero-order valence-electron chi connectivity index (χ0n) is 30.5. The van der Waals surface area contributed by atoms with Gasteiger partial charge in [0.05, 0.1) is 12.3 Å². The molecule has 3 aliphatic rings. The molecule has 0 aromatic rings. The van der Waals surface area contributed by atoms with Crippen molar-refractivity contribution in [3.8, 4) is 0 Å². The fourth-order valence-corrected chi connectivity index (χ4v) is 5.98. The van der Waals surface area contributed by atoms with Crippen molar-refractivity contribution < 1.29 is 53.3 Å². The highest BCUT2D eigenvalue weighted by atomic mass is 35.5. The van der Waals surface area contributed by atoms with Crippen molar-refractivity contribution >= 4 is 48.3 Å². The third kappa shape index (κ3) is 20.2. The van der Waals surface area contributed by atoms with E-state index in [0.29, 0.717) is 5.06 Å². The SMILES string of the molecule is C=CCCCC[C@@H](C)[C@H](CC(=O)OC1CCCC1)C(=O)O.C=CCCCC[C@@H](C)[C@H](N)C(=O)O.Cl.O=C(OC1CCCC1)ON1C(=O)CCC1=O. The van der Waals surface area contributed by atoms with Gasteiger partial charge in [0.15, 0.2) is 0 Å². The number of hydrogen-bond donors (Lipinski definition) is 3. The summed E-state index contributed by atoms with van der Waals surface area (Å²) in [5.74, 6) is -3.73. The third-order valence-electron chi connectivity index (χ3n) is 9.26. The van der Waals surface area contributed by atoms with Crippen LogP contribution in [0.5, 0.6) is 0 Å². The van der Waals surface area contributed by atoms with Gasteiger partial charge in [0.1, 0.15) is 18.2 Å². The molecule has 2 aliphatic carbocycles. The van der Waals surface area contributed by atoms with Crippen LogP contribution in [0.1, 0.15) is 136 Å². The molecule has 3 rings (SSSR count). The van der Waals surface area contributed by atoms with Gasteiger partial charge in [-0.2, -0.15) is 0 Å². The Morgan fingerprint density at radius 1 is 0.784 bits per heavy atom. The van der Waals surface area contributed by atoms with E-state index in [1.807, 2.05) is 26.0 Å². The smallest absolute Gasteiger partial charge is 0.481 e. The van der Waals surface area contributed by atoms with Gasteiger partial charge in [0, 0.05) is 12.8 Å². The number of amides is 2. The van der Waals surface area contributed by atoms with E-state index in [2.05, 4.69) is 18.0 Å². The summed E-state index contributed by atoms with van der Waals surface area (Å²) in [6.45, 7) is 11.1. The van der Waals surface area contributed by atoms with Crippen LogP contribution in [0.2, 0.25) is 0 Å². The summed E-state index contributed by atoms with van der Waals surface area (Å²) in [4.78, 5) is 71.8. The van der Waals surface area contributed by atoms with Crippen LogP contribution in [-0.2, 0) is 38.3 Å². The molecule has 1 saturated heterocycles. The number of nitrogens with two attached hydrogens (primary N) is 1. The standard InChI is InChI=1S/C17H28O4.C10H13NO5.C10H19NO2.ClH/c1-3-4-5-6-9-13(2)15(17(19)20)12-16(18)21-14-10-7-8-11-14;12-8-5-6-9(13)11(8)16-10(14)15-7-3-1-2-4-7;1-3-4-5-6-7-8(2)9(11)10(12)13;/h3,13-15H,1,4-12H2,2H3,(H,19,20);7H,1-6H2;3,8-9H,1,4-7,11H2,2H3,(H,12,13);1H/t13-,15+;;8-,9+;/m1.1./s1. The van der Waals surface area contributed by atoms with E-state index in [9.17, 15) is 33.9 Å². The topological polar surface area (TPSA) is 200 Å². The predicted octanol–water partition coefficient (Wildman–Crippen LogP) is 7.29. The number of hydrogen-bond acceptors (Lipinski definition) is 10. The number of halogens is 1. The van der Waals surface area contributed by atoms with Crippen LogP contribution >= 0.6 is 12.4 Å². The first-order valence-corrected chi connectivity index (χ1v) is 18.2. The van der Waals surface area contributed by atoms with Crippen molar-refractivity contribution in [2.24, 2.45) is 23.5 Å². The van der Waals surface area contributed by atoms with E-state index in [1.165, 1.54) is 0 Å². The predicted molar refractivity (Wildman–Crippen MR) is 194 cm³/mol. The van der Waals surface area contributed by atoms with Crippen LogP contribution in [0.15, 0.2) is 25.3 Å². The second-order valence-corrected chi connectivity index (χ2v) is 13.5. The molecule has 0 unspecified atom stereocenters. The van der Waals surface area contributed by atoms with Gasteiger partial charge in [-0.25, -0.2) is 4.79 Å². The number of carboxylic acid groups (broad SMARTS) is 2. The summed E-state index contributed by atoms with van der Waals surface area (Å²) in [5, 5.41) is 18.4. The lowest BCUT2D eigenvalue weighted by Crippen LogP contribution is -2.36. The lowest BCUT2D eigenvalue weighted by atomic mass is 9.87. The van der Waals surface area contributed by atoms with Crippen LogP contribution in [0, 0.1) is 17.8 Å². The van der Waals surface area contributed by atoms with E-state index in [-0.39, 0.29) is 61.7 Å². The Morgan fingerprint density at radius 3 is 1.67 bits per heavy atom. The summed E-state index contributed by atoms with van der Waals surface area (Å²) < 4.78 is 10.3. The van der Waals surface area contributed by atoms with Crippen LogP contribution in [0.25, 0.3) is 0 Å². The molecule has 2 amide bonds. The normalized spacial score (nSPS) is 18.1. The van der Waals surface area contributed by atoms with Crippen molar-refractivity contribution in [3.63, 3.8) is 0 Å². The van der Waals surface area contributed by atoms with Gasteiger partial charge < -0.3 is 25.4 Å². The highest BCUT2D eigenvalue weighted by molar-refractivity contribution is 6.01. The van der Waals surface area contributed by atoms with Crippen molar-refractivity contribution in [3.05, 3.63) is 25.3 Å². The highest BCUT2D eigenvalue weighted by Gasteiger charge is 2.34. The molecule has 4 N–H and O–H groups in total. The largest absolute Gasteiger partial charge is 0.534 e. The molecular weight excluding hydrogens is 684 g/mol. The average Bonchev–Trinajstić information content (AvgIpc) is 3.85. The first-order valence-electron chi connectivity index (χ1n) is 18.2. The molecule has 292 valence electrons. The van der Waals surface area contributed by atoms with Crippen LogP contribution in [0.3, 0.4) is 0 Å². The Hall–Kier alpha value is -3.45. The van der Waals surface area contributed by atoms with Crippen LogP contribution in [0.4, 0.5) is 4.79 Å². The van der Waals surface area contributed by atoms with Gasteiger partial charge in [0.2, 0.25) is 0 Å². The fraction of sp³-hybridized carbons (Fsp3) is 0.730. The summed E-state index contributed by atoms with van der Waals surface area (Å²) in [6.07, 6.45) is 18.3. The van der Waals surface area contributed by atoms with Crippen molar-refractivity contribution in [1.82, 2.24) is 5.06 Å². The number of hydroxylamine groups is 2. The van der Waals surface area contributed by atoms with Gasteiger partial charge in [-0.1, -0.05) is 43.9 Å². The van der Waals surface area contributed by atoms with Gasteiger partial charge in [-0.15, -0.1) is 25.6 Å². The van der Waals surface area contributed by atoms with E-state index in [0.717, 1.165) is 103 Å². The van der Waals surface area contributed by atoms with Gasteiger partial charge in [0.25, 0.3) is 11.8 Å². The maximum atomic E-state index is 11.9. The molecule has 1 aliphatic heterocycles. The van der Waals surface area contributed by atoms with Crippen molar-refractivity contribution in [1.29, 1.82) is 0 Å². The number of aliphatic carboxylic acids is 2. The number of ether oxygens (including phenoxy) is 2. The Morgan fingerprint density at radius 2 is 1.24 bits per heavy atom. The molecule has 0 bridgehead atoms. The molecule has 4 atom stereocenters. The number of carbonyl (C=O) groups excluding carboxylic acids is 4. The molecule has 0 spiro atoms. The second-order valence-electron chi connectivity index (χ2n) is 13.5. The number of rotatable bonds is 19. The first-order chi connectivity index (χ1) is 23.8.